The summed E-state index contributed by atoms with van der Waals surface area (Å²) in [4.78, 5) is 24.3. The van der Waals surface area contributed by atoms with Gasteiger partial charge in [0.1, 0.15) is 11.4 Å². The third-order valence-corrected chi connectivity index (χ3v) is 6.49. The Balaban J connectivity index is 1.39. The maximum Gasteiger partial charge on any atom is 0.573 e. The maximum absolute atomic E-state index is 12.9. The molecule has 35 heavy (non-hydrogen) atoms. The molecule has 1 fully saturated rings. The Bertz CT molecular complexity index is 1370. The summed E-state index contributed by atoms with van der Waals surface area (Å²) in [5, 5.41) is 5.99. The van der Waals surface area contributed by atoms with Crippen LogP contribution in [0.3, 0.4) is 0 Å². The van der Waals surface area contributed by atoms with Gasteiger partial charge >= 0.3 is 6.36 Å². The van der Waals surface area contributed by atoms with Gasteiger partial charge in [-0.3, -0.25) is 15.0 Å². The van der Waals surface area contributed by atoms with Crippen LogP contribution in [-0.4, -0.2) is 40.2 Å². The van der Waals surface area contributed by atoms with Crippen molar-refractivity contribution in [1.29, 1.82) is 0 Å². The number of alkyl halides is 3. The van der Waals surface area contributed by atoms with Gasteiger partial charge in [0.15, 0.2) is 5.13 Å². The van der Waals surface area contributed by atoms with E-state index in [0.717, 1.165) is 30.7 Å². The van der Waals surface area contributed by atoms with Crippen LogP contribution in [0.4, 0.5) is 18.3 Å². The number of halogens is 3. The van der Waals surface area contributed by atoms with Crippen molar-refractivity contribution in [2.24, 2.45) is 0 Å². The Labute approximate surface area is 203 Å². The van der Waals surface area contributed by atoms with Crippen LogP contribution < -0.4 is 10.1 Å². The molecule has 3 heterocycles. The molecule has 0 aliphatic carbocycles. The van der Waals surface area contributed by atoms with Crippen LogP contribution in [0, 0.1) is 0 Å². The molecular formula is C25H21F3N4O2S. The van der Waals surface area contributed by atoms with E-state index in [2.05, 4.69) is 24.9 Å². The summed E-state index contributed by atoms with van der Waals surface area (Å²) in [6.45, 7) is 2.89. The predicted octanol–water partition coefficient (Wildman–Crippen LogP) is 6.11. The van der Waals surface area contributed by atoms with Gasteiger partial charge in [0.2, 0.25) is 0 Å². The highest BCUT2D eigenvalue weighted by atomic mass is 32.1. The molecule has 1 saturated heterocycles. The average Bonchev–Trinajstić information content (AvgIpc) is 3.50. The molecule has 10 heteroatoms. The summed E-state index contributed by atoms with van der Waals surface area (Å²) < 4.78 is 42.1. The van der Waals surface area contributed by atoms with Crippen LogP contribution in [0.5, 0.6) is 5.75 Å². The molecule has 2 aromatic heterocycles. The highest BCUT2D eigenvalue weighted by Crippen LogP contribution is 2.32. The van der Waals surface area contributed by atoms with Gasteiger partial charge in [0.25, 0.3) is 5.91 Å². The fourth-order valence-corrected chi connectivity index (χ4v) is 4.83. The van der Waals surface area contributed by atoms with E-state index in [1.807, 2.05) is 11.4 Å². The van der Waals surface area contributed by atoms with Crippen molar-refractivity contribution >= 4 is 33.3 Å². The molecule has 0 saturated carbocycles. The summed E-state index contributed by atoms with van der Waals surface area (Å²) in [6.07, 6.45) is -2.39. The SMILES string of the molecule is O=C(Nc1nc(CN2CCCC2)cs1)c1ccc2cccc(-c3cccc(OC(F)(F)F)c3)c2n1. The average molecular weight is 499 g/mol. The van der Waals surface area contributed by atoms with Crippen molar-refractivity contribution in [2.75, 3.05) is 18.4 Å². The first-order valence-corrected chi connectivity index (χ1v) is 12.0. The summed E-state index contributed by atoms with van der Waals surface area (Å²) in [5.74, 6) is -0.729. The quantitative estimate of drug-likeness (QED) is 0.348. The number of nitrogens with one attached hydrogen (secondary N) is 1. The van der Waals surface area contributed by atoms with Crippen molar-refractivity contribution < 1.29 is 22.7 Å². The molecule has 0 spiro atoms. The zero-order valence-electron chi connectivity index (χ0n) is 18.5. The van der Waals surface area contributed by atoms with E-state index in [9.17, 15) is 18.0 Å². The minimum absolute atomic E-state index is 0.184. The monoisotopic (exact) mass is 498 g/mol. The van der Waals surface area contributed by atoms with Crippen LogP contribution >= 0.6 is 11.3 Å². The number of likely N-dealkylation sites (tertiary alicyclic amines) is 1. The lowest BCUT2D eigenvalue weighted by Gasteiger charge is -2.12. The first-order valence-electron chi connectivity index (χ1n) is 11.1. The number of nitrogens with zero attached hydrogens (tertiary/aromatic N) is 3. The number of carbonyl (C=O) groups excluding carboxylic acids is 1. The predicted molar refractivity (Wildman–Crippen MR) is 128 cm³/mol. The summed E-state index contributed by atoms with van der Waals surface area (Å²) >= 11 is 1.36. The van der Waals surface area contributed by atoms with Gasteiger partial charge in [-0.05, 0) is 49.7 Å². The van der Waals surface area contributed by atoms with Crippen molar-refractivity contribution in [2.45, 2.75) is 25.7 Å². The molecule has 1 amide bonds. The first kappa shape index (κ1) is 23.3. The third kappa shape index (κ3) is 5.60. The topological polar surface area (TPSA) is 67.4 Å². The molecule has 1 aliphatic rings. The molecule has 0 unspecified atom stereocenters. The van der Waals surface area contributed by atoms with Crippen LogP contribution in [-0.2, 0) is 6.54 Å². The number of hydrogen-bond acceptors (Lipinski definition) is 6. The van der Waals surface area contributed by atoms with Gasteiger partial charge in [-0.15, -0.1) is 24.5 Å². The minimum Gasteiger partial charge on any atom is -0.406 e. The van der Waals surface area contributed by atoms with Gasteiger partial charge < -0.3 is 4.74 Å². The van der Waals surface area contributed by atoms with Crippen LogP contribution in [0.25, 0.3) is 22.0 Å². The van der Waals surface area contributed by atoms with Gasteiger partial charge in [-0.2, -0.15) is 0 Å². The number of hydrogen-bond donors (Lipinski definition) is 1. The number of thiazole rings is 1. The normalized spacial score (nSPS) is 14.4. The number of benzene rings is 2. The van der Waals surface area contributed by atoms with E-state index in [-0.39, 0.29) is 11.4 Å². The van der Waals surface area contributed by atoms with Crippen molar-refractivity contribution in [3.63, 3.8) is 0 Å². The number of aromatic nitrogens is 2. The Morgan fingerprint density at radius 3 is 2.66 bits per heavy atom. The van der Waals surface area contributed by atoms with E-state index in [1.54, 1.807) is 30.3 Å². The fourth-order valence-electron chi connectivity index (χ4n) is 4.14. The summed E-state index contributed by atoms with van der Waals surface area (Å²) in [6, 6.07) is 14.4. The molecule has 0 bridgehead atoms. The van der Waals surface area contributed by atoms with Crippen molar-refractivity contribution in [3.8, 4) is 16.9 Å². The molecule has 2 aromatic carbocycles. The lowest BCUT2D eigenvalue weighted by molar-refractivity contribution is -0.274. The number of fused-ring (bicyclic) bond motifs is 1. The molecule has 6 nitrogen and oxygen atoms in total. The zero-order chi connectivity index (χ0) is 24.4. The van der Waals surface area contributed by atoms with Crippen LogP contribution in [0.1, 0.15) is 29.0 Å². The van der Waals surface area contributed by atoms with E-state index in [0.29, 0.717) is 21.8 Å². The zero-order valence-corrected chi connectivity index (χ0v) is 19.3. The molecule has 5 rings (SSSR count). The lowest BCUT2D eigenvalue weighted by atomic mass is 10.0. The number of amides is 1. The van der Waals surface area contributed by atoms with Crippen LogP contribution in [0.15, 0.2) is 60.0 Å². The van der Waals surface area contributed by atoms with Gasteiger partial charge in [0, 0.05) is 22.9 Å². The number of ether oxygens (including phenoxy) is 1. The lowest BCUT2D eigenvalue weighted by Crippen LogP contribution is -2.18. The molecular weight excluding hydrogens is 477 g/mol. The van der Waals surface area contributed by atoms with E-state index < -0.39 is 12.3 Å². The molecule has 1 N–H and O–H groups in total. The van der Waals surface area contributed by atoms with Crippen molar-refractivity contribution in [3.05, 3.63) is 71.4 Å². The second-order valence-corrected chi connectivity index (χ2v) is 9.09. The number of pyridine rings is 1. The number of carbonyl (C=O) groups is 1. The van der Waals surface area contributed by atoms with Gasteiger partial charge in [-0.1, -0.05) is 36.4 Å². The molecule has 0 atom stereocenters. The van der Waals surface area contributed by atoms with E-state index in [4.69, 9.17) is 0 Å². The van der Waals surface area contributed by atoms with E-state index >= 15 is 0 Å². The van der Waals surface area contributed by atoms with Crippen molar-refractivity contribution in [1.82, 2.24) is 14.9 Å². The number of para-hydroxylation sites is 1. The highest BCUT2D eigenvalue weighted by Gasteiger charge is 2.31. The second kappa shape index (κ2) is 9.63. The van der Waals surface area contributed by atoms with E-state index in [1.165, 1.54) is 42.4 Å². The summed E-state index contributed by atoms with van der Waals surface area (Å²) in [5.41, 5.74) is 2.69. The van der Waals surface area contributed by atoms with Gasteiger partial charge in [-0.25, -0.2) is 9.97 Å². The molecule has 4 aromatic rings. The number of rotatable bonds is 6. The smallest absolute Gasteiger partial charge is 0.406 e. The Hall–Kier alpha value is -3.50. The Kier molecular flexibility index (Phi) is 6.40. The first-order chi connectivity index (χ1) is 16.8. The standard InChI is InChI=1S/C25H21F3N4O2S/c26-25(27,28)34-19-7-3-6-17(13-19)20-8-4-5-16-9-10-21(30-22(16)20)23(33)31-24-29-18(15-35-24)14-32-11-1-2-12-32/h3-10,13,15H,1-2,11-12,14H2,(H,29,31,33). The highest BCUT2D eigenvalue weighted by molar-refractivity contribution is 7.14. The molecule has 0 radical (unpaired) electrons. The largest absolute Gasteiger partial charge is 0.573 e. The molecule has 180 valence electrons. The minimum atomic E-state index is -4.79. The summed E-state index contributed by atoms with van der Waals surface area (Å²) in [7, 11) is 0. The molecule has 1 aliphatic heterocycles. The number of anilines is 1. The Morgan fingerprint density at radius 1 is 1.06 bits per heavy atom. The third-order valence-electron chi connectivity index (χ3n) is 5.69. The van der Waals surface area contributed by atoms with Gasteiger partial charge in [0.05, 0.1) is 11.2 Å². The maximum atomic E-state index is 12.9. The second-order valence-electron chi connectivity index (χ2n) is 8.23. The van der Waals surface area contributed by atoms with Crippen LogP contribution in [0.2, 0.25) is 0 Å². The Morgan fingerprint density at radius 2 is 1.86 bits per heavy atom. The fraction of sp³-hybridized carbons (Fsp3) is 0.240.